The van der Waals surface area contributed by atoms with Gasteiger partial charge < -0.3 is 113 Å². The first kappa shape index (κ1) is 75.6. The number of carbonyl (C=O) groups excluding carboxylic acids is 3. The third-order valence-corrected chi connectivity index (χ3v) is 18.3. The number of ether oxygens (including phenoxy) is 13. The largest absolute Gasteiger partial charge is 0.456 e. The monoisotopic (exact) mass is 1280 g/mol. The van der Waals surface area contributed by atoms with E-state index in [-0.39, 0.29) is 18.9 Å². The number of unbranched alkanes of at least 4 members (excludes halogenated alkanes) is 10. The van der Waals surface area contributed by atoms with Crippen molar-refractivity contribution in [2.75, 3.05) is 6.61 Å². The van der Waals surface area contributed by atoms with E-state index in [0.29, 0.717) is 25.7 Å². The molecule has 0 aromatic heterocycles. The van der Waals surface area contributed by atoms with Gasteiger partial charge in [-0.15, -0.1) is 0 Å². The van der Waals surface area contributed by atoms with Crippen molar-refractivity contribution in [3.8, 4) is 0 Å². The summed E-state index contributed by atoms with van der Waals surface area (Å²) < 4.78 is 81.2. The minimum atomic E-state index is -2.01. The lowest BCUT2D eigenvalue weighted by molar-refractivity contribution is -0.395. The molecule has 6 rings (SSSR count). The molecule has 6 heterocycles. The van der Waals surface area contributed by atoms with Crippen LogP contribution in [0.4, 0.5) is 0 Å². The Hall–Kier alpha value is -2.39. The molecule has 0 saturated carbocycles. The summed E-state index contributed by atoms with van der Waals surface area (Å²) in [6.45, 7) is 12.2. The fourth-order valence-electron chi connectivity index (χ4n) is 12.3. The highest BCUT2D eigenvalue weighted by Crippen LogP contribution is 2.39. The summed E-state index contributed by atoms with van der Waals surface area (Å²) in [6.07, 6.45) is -22.8. The van der Waals surface area contributed by atoms with Gasteiger partial charge in [0.25, 0.3) is 0 Å². The van der Waals surface area contributed by atoms with E-state index >= 15 is 0 Å². The molecule has 518 valence electrons. The summed E-state index contributed by atoms with van der Waals surface area (Å²) in [5.74, 6) is -3.61. The van der Waals surface area contributed by atoms with Gasteiger partial charge in [-0.1, -0.05) is 123 Å². The van der Waals surface area contributed by atoms with Crippen LogP contribution < -0.4 is 0 Å². The third kappa shape index (κ3) is 21.3. The molecule has 6 fully saturated rings. The maximum absolute atomic E-state index is 14.0. The summed E-state index contributed by atoms with van der Waals surface area (Å²) in [6, 6.07) is 0. The van der Waals surface area contributed by atoms with Crippen molar-refractivity contribution in [2.24, 2.45) is 5.92 Å². The molecule has 0 radical (unpaired) electrons. The van der Waals surface area contributed by atoms with Gasteiger partial charge in [0.15, 0.2) is 55.9 Å². The molecule has 89 heavy (non-hydrogen) atoms. The molecule has 6 aliphatic rings. The average molecular weight is 1280 g/mol. The Morgan fingerprint density at radius 3 is 1.69 bits per heavy atom. The van der Waals surface area contributed by atoms with Gasteiger partial charge in [-0.05, 0) is 67.2 Å². The third-order valence-electron chi connectivity index (χ3n) is 18.3. The van der Waals surface area contributed by atoms with Gasteiger partial charge in [0.05, 0.1) is 49.1 Å². The number of hydrogen-bond donors (Lipinski definition) is 10. The number of aliphatic hydroxyl groups is 10. The Bertz CT molecular complexity index is 2040. The average Bonchev–Trinajstić information content (AvgIpc) is 0.832. The molecule has 6 aliphatic heterocycles. The molecule has 0 aromatic rings. The Kier molecular flexibility index (Phi) is 32.0. The predicted molar refractivity (Wildman–Crippen MR) is 314 cm³/mol. The van der Waals surface area contributed by atoms with E-state index in [1.54, 1.807) is 6.92 Å². The van der Waals surface area contributed by atoms with Gasteiger partial charge >= 0.3 is 17.9 Å². The fourth-order valence-corrected chi connectivity index (χ4v) is 12.3. The second-order valence-electron chi connectivity index (χ2n) is 25.6. The predicted octanol–water partition coefficient (Wildman–Crippen LogP) is 3.27. The molecular formula is C63H110O26. The Morgan fingerprint density at radius 1 is 0.494 bits per heavy atom. The van der Waals surface area contributed by atoms with E-state index in [9.17, 15) is 65.4 Å². The molecule has 0 amide bonds. The van der Waals surface area contributed by atoms with Gasteiger partial charge in [-0.2, -0.15) is 0 Å². The van der Waals surface area contributed by atoms with Crippen molar-refractivity contribution in [2.45, 2.75) is 369 Å². The van der Waals surface area contributed by atoms with Crippen molar-refractivity contribution in [3.05, 3.63) is 0 Å². The Labute approximate surface area is 524 Å². The summed E-state index contributed by atoms with van der Waals surface area (Å²) in [7, 11) is 0. The molecule has 6 saturated heterocycles. The number of esters is 3. The molecule has 10 N–H and O–H groups in total. The highest BCUT2D eigenvalue weighted by Gasteiger charge is 2.58. The van der Waals surface area contributed by atoms with Crippen LogP contribution in [-0.4, -0.2) is 241 Å². The number of fused-ring (bicyclic) bond motifs is 2. The van der Waals surface area contributed by atoms with E-state index in [1.165, 1.54) is 41.0 Å². The van der Waals surface area contributed by atoms with Crippen molar-refractivity contribution < 1.29 is 127 Å². The summed E-state index contributed by atoms with van der Waals surface area (Å²) in [5, 5.41) is 113. The van der Waals surface area contributed by atoms with Crippen LogP contribution >= 0.6 is 0 Å². The van der Waals surface area contributed by atoms with Crippen LogP contribution in [0.25, 0.3) is 0 Å². The molecule has 26 nitrogen and oxygen atoms in total. The first-order valence-electron chi connectivity index (χ1n) is 33.4. The standard InChI is InChI=1S/C63H110O26/c1-9-11-13-14-15-16-19-22-26-30-41(66)83-55-50(75)52(87-63-57(89-59-48(73)46(71)45(70)40(32-64)82-59)53(44(69)36(6)78-63)85-58(76)33(3)34(4)65)38(8)79-61(55)86-51-37(7)80-62-56(49(51)74)84-42(67)31-27-23-20-17-18-21-25-29-39(28-24-12-10-2)81-60-54(88-62)47(72)43(68)35(5)77-60/h33-40,43-57,59-65,68-75H,9-32H2,1-8H3/t33?,34?,35-,36+,37+,38+,39?,40-,43-,44+,45-,46+,47+,48-,49-,50-,51+,52+,53-,54-,55-,56-,57-,59+,60+,61+,62-,63+/m1/s1. The number of carbonyl (C=O) groups is 3. The Balaban J connectivity index is 1.30. The summed E-state index contributed by atoms with van der Waals surface area (Å²) in [4.78, 5) is 41.4. The van der Waals surface area contributed by atoms with E-state index in [0.717, 1.165) is 103 Å². The van der Waals surface area contributed by atoms with Crippen LogP contribution in [0, 0.1) is 5.92 Å². The molecule has 0 bridgehead atoms. The molecule has 0 aromatic carbocycles. The normalized spacial score (nSPS) is 41.3. The van der Waals surface area contributed by atoms with Crippen LogP contribution in [0.5, 0.6) is 0 Å². The van der Waals surface area contributed by atoms with Gasteiger partial charge in [0.1, 0.15) is 73.2 Å². The smallest absolute Gasteiger partial charge is 0.311 e. The zero-order chi connectivity index (χ0) is 65.1. The van der Waals surface area contributed by atoms with Gasteiger partial charge in [0, 0.05) is 12.8 Å². The maximum Gasteiger partial charge on any atom is 0.311 e. The van der Waals surface area contributed by atoms with Gasteiger partial charge in [-0.3, -0.25) is 14.4 Å². The van der Waals surface area contributed by atoms with Crippen LogP contribution in [0.1, 0.15) is 203 Å². The minimum Gasteiger partial charge on any atom is -0.456 e. The molecule has 0 aliphatic carbocycles. The number of aliphatic hydroxyl groups excluding tert-OH is 10. The maximum atomic E-state index is 14.0. The van der Waals surface area contributed by atoms with Crippen LogP contribution in [0.15, 0.2) is 0 Å². The van der Waals surface area contributed by atoms with Crippen molar-refractivity contribution >= 4 is 17.9 Å². The van der Waals surface area contributed by atoms with Crippen molar-refractivity contribution in [1.82, 2.24) is 0 Å². The fraction of sp³-hybridized carbons (Fsp3) is 0.952. The van der Waals surface area contributed by atoms with E-state index in [1.807, 2.05) is 0 Å². The second-order valence-corrected chi connectivity index (χ2v) is 25.6. The zero-order valence-corrected chi connectivity index (χ0v) is 53.6. The minimum absolute atomic E-state index is 0.0254. The molecule has 0 spiro atoms. The molecule has 26 heteroatoms. The quantitative estimate of drug-likeness (QED) is 0.0356. The zero-order valence-electron chi connectivity index (χ0n) is 53.6. The van der Waals surface area contributed by atoms with E-state index in [4.69, 9.17) is 61.6 Å². The van der Waals surface area contributed by atoms with Crippen LogP contribution in [0.3, 0.4) is 0 Å². The SMILES string of the molecule is CCCCCCCCCCCC(=O)O[C@H]1[C@H](O[C@@H]2[C@@H](O)[C@H]3OC(=O)CCCCCCCCCC(CCCCC)O[C@@H]4O[C@H](C)[C@@H](O)[C@H](O)[C@H]4O[C@H]3O[C@H]2C)O[C@@H](C)[C@H](O[C@@H]2O[C@@H](C)[C@H](O)[C@@H](OC(=O)C(C)C(C)O)[C@H]2O[C@@H]2O[C@H](CO)[C@@H](O)[C@H](O)[C@H]2O)[C@H]1O. The molecule has 28 atom stereocenters. The van der Waals surface area contributed by atoms with Gasteiger partial charge in [-0.25, -0.2) is 0 Å². The summed E-state index contributed by atoms with van der Waals surface area (Å²) in [5.41, 5.74) is 0. The molecular weight excluding hydrogens is 1170 g/mol. The molecule has 3 unspecified atom stereocenters. The lowest BCUT2D eigenvalue weighted by Crippen LogP contribution is -2.68. The van der Waals surface area contributed by atoms with E-state index < -0.39 is 190 Å². The van der Waals surface area contributed by atoms with E-state index in [2.05, 4.69) is 13.8 Å². The lowest BCUT2D eigenvalue weighted by atomic mass is 9.95. The first-order chi connectivity index (χ1) is 42.5. The highest BCUT2D eigenvalue weighted by atomic mass is 16.8. The number of rotatable bonds is 25. The highest BCUT2D eigenvalue weighted by molar-refractivity contribution is 5.73. The topological polar surface area (TPSA) is 374 Å². The Morgan fingerprint density at radius 2 is 1.03 bits per heavy atom. The van der Waals surface area contributed by atoms with Crippen LogP contribution in [0.2, 0.25) is 0 Å². The van der Waals surface area contributed by atoms with Crippen LogP contribution in [-0.2, 0) is 76.0 Å². The van der Waals surface area contributed by atoms with Crippen molar-refractivity contribution in [3.63, 3.8) is 0 Å². The second kappa shape index (κ2) is 37.6. The van der Waals surface area contributed by atoms with Crippen molar-refractivity contribution in [1.29, 1.82) is 0 Å². The lowest BCUT2D eigenvalue weighted by Gasteiger charge is -2.50. The summed E-state index contributed by atoms with van der Waals surface area (Å²) >= 11 is 0. The number of hydrogen-bond acceptors (Lipinski definition) is 26. The first-order valence-corrected chi connectivity index (χ1v) is 33.4. The van der Waals surface area contributed by atoms with Gasteiger partial charge in [0.2, 0.25) is 0 Å².